The molecule has 2 aromatic heterocycles. The number of aromatic nitrogens is 3. The standard InChI is InChI=1S/C23H24N4O3/c1-26-15-24-22-20(26)12-21(28)25-23(22)27(13-16-4-8-18(29-2)9-5-16)14-17-6-10-19(30-3)11-7-17/h4-12,15H,13-14H2,1-3H3,(H,25,28). The van der Waals surface area contributed by atoms with Gasteiger partial charge >= 0.3 is 0 Å². The van der Waals surface area contributed by atoms with Crippen LogP contribution in [0.5, 0.6) is 11.5 Å². The zero-order valence-electron chi connectivity index (χ0n) is 17.3. The number of aromatic amines is 1. The lowest BCUT2D eigenvalue weighted by molar-refractivity contribution is 0.414. The summed E-state index contributed by atoms with van der Waals surface area (Å²) >= 11 is 0. The number of benzene rings is 2. The molecule has 0 unspecified atom stereocenters. The summed E-state index contributed by atoms with van der Waals surface area (Å²) in [5.41, 5.74) is 3.59. The zero-order chi connectivity index (χ0) is 21.1. The Labute approximate surface area is 174 Å². The molecule has 0 amide bonds. The predicted molar refractivity (Wildman–Crippen MR) is 117 cm³/mol. The molecule has 0 aliphatic heterocycles. The second-order valence-electron chi connectivity index (χ2n) is 7.12. The van der Waals surface area contributed by atoms with E-state index in [9.17, 15) is 4.79 Å². The maximum absolute atomic E-state index is 12.4. The van der Waals surface area contributed by atoms with E-state index < -0.39 is 0 Å². The van der Waals surface area contributed by atoms with Crippen LogP contribution in [-0.2, 0) is 20.1 Å². The molecule has 0 saturated carbocycles. The Kier molecular flexibility index (Phi) is 5.43. The Morgan fingerprint density at radius 1 is 0.933 bits per heavy atom. The third-order valence-corrected chi connectivity index (χ3v) is 5.10. The van der Waals surface area contributed by atoms with Crippen molar-refractivity contribution in [3.63, 3.8) is 0 Å². The molecule has 0 saturated heterocycles. The minimum absolute atomic E-state index is 0.157. The van der Waals surface area contributed by atoms with E-state index in [1.807, 2.05) is 60.1 Å². The first-order chi connectivity index (χ1) is 14.6. The third-order valence-electron chi connectivity index (χ3n) is 5.10. The van der Waals surface area contributed by atoms with Gasteiger partial charge in [0.25, 0.3) is 5.56 Å². The number of methoxy groups -OCH3 is 2. The SMILES string of the molecule is COc1ccc(CN(Cc2ccc(OC)cc2)c2[nH]c(=O)cc3c2ncn3C)cc1. The van der Waals surface area contributed by atoms with Crippen LogP contribution in [0.25, 0.3) is 11.0 Å². The number of fused-ring (bicyclic) bond motifs is 1. The number of hydrogen-bond donors (Lipinski definition) is 1. The molecule has 0 radical (unpaired) electrons. The summed E-state index contributed by atoms with van der Waals surface area (Å²) in [4.78, 5) is 22.0. The summed E-state index contributed by atoms with van der Waals surface area (Å²) in [5, 5.41) is 0. The number of aryl methyl sites for hydroxylation is 1. The molecule has 1 N–H and O–H groups in total. The lowest BCUT2D eigenvalue weighted by atomic mass is 10.1. The van der Waals surface area contributed by atoms with Crippen molar-refractivity contribution in [3.05, 3.63) is 82.4 Å². The molecule has 154 valence electrons. The second-order valence-corrected chi connectivity index (χ2v) is 7.12. The van der Waals surface area contributed by atoms with E-state index >= 15 is 0 Å². The first kappa shape index (κ1) is 19.6. The molecule has 4 aromatic rings. The maximum atomic E-state index is 12.4. The molecule has 7 heteroatoms. The first-order valence-electron chi connectivity index (χ1n) is 9.62. The number of imidazole rings is 1. The molecular formula is C23H24N4O3. The van der Waals surface area contributed by atoms with Gasteiger partial charge in [-0.15, -0.1) is 0 Å². The van der Waals surface area contributed by atoms with Crippen LogP contribution in [0.15, 0.2) is 65.7 Å². The highest BCUT2D eigenvalue weighted by Crippen LogP contribution is 2.26. The van der Waals surface area contributed by atoms with Crippen LogP contribution in [0, 0.1) is 0 Å². The van der Waals surface area contributed by atoms with Gasteiger partial charge in [-0.3, -0.25) is 4.79 Å². The first-order valence-corrected chi connectivity index (χ1v) is 9.62. The monoisotopic (exact) mass is 404 g/mol. The van der Waals surface area contributed by atoms with Gasteiger partial charge in [0.05, 0.1) is 26.1 Å². The highest BCUT2D eigenvalue weighted by atomic mass is 16.5. The quantitative estimate of drug-likeness (QED) is 0.511. The molecule has 0 fully saturated rings. The molecule has 4 rings (SSSR count). The van der Waals surface area contributed by atoms with Crippen LogP contribution in [0.3, 0.4) is 0 Å². The normalized spacial score (nSPS) is 10.9. The van der Waals surface area contributed by atoms with E-state index in [4.69, 9.17) is 9.47 Å². The minimum atomic E-state index is -0.157. The molecule has 30 heavy (non-hydrogen) atoms. The molecule has 0 spiro atoms. The fraction of sp³-hybridized carbons (Fsp3) is 0.217. The van der Waals surface area contributed by atoms with Crippen LogP contribution in [0.4, 0.5) is 5.82 Å². The molecule has 7 nitrogen and oxygen atoms in total. The number of nitrogens with one attached hydrogen (secondary N) is 1. The van der Waals surface area contributed by atoms with Gasteiger partial charge in [-0.2, -0.15) is 0 Å². The summed E-state index contributed by atoms with van der Waals surface area (Å²) in [6.07, 6.45) is 1.72. The Hall–Kier alpha value is -3.74. The Balaban J connectivity index is 1.75. The van der Waals surface area contributed by atoms with Gasteiger partial charge in [0.2, 0.25) is 0 Å². The van der Waals surface area contributed by atoms with Crippen molar-refractivity contribution in [2.24, 2.45) is 7.05 Å². The lowest BCUT2D eigenvalue weighted by Crippen LogP contribution is -2.25. The predicted octanol–water partition coefficient (Wildman–Crippen LogP) is 3.49. The molecule has 0 aliphatic carbocycles. The van der Waals surface area contributed by atoms with E-state index in [0.717, 1.165) is 33.7 Å². The van der Waals surface area contributed by atoms with Crippen molar-refractivity contribution in [3.8, 4) is 11.5 Å². The fourth-order valence-corrected chi connectivity index (χ4v) is 3.47. The number of pyridine rings is 1. The number of nitrogens with zero attached hydrogens (tertiary/aromatic N) is 3. The molecule has 2 aromatic carbocycles. The number of rotatable bonds is 7. The topological polar surface area (TPSA) is 72.4 Å². The summed E-state index contributed by atoms with van der Waals surface area (Å²) < 4.78 is 12.4. The third kappa shape index (κ3) is 4.00. The lowest BCUT2D eigenvalue weighted by Gasteiger charge is -2.25. The smallest absolute Gasteiger partial charge is 0.251 e. The summed E-state index contributed by atoms with van der Waals surface area (Å²) in [6.45, 7) is 1.20. The summed E-state index contributed by atoms with van der Waals surface area (Å²) in [6, 6.07) is 17.4. The maximum Gasteiger partial charge on any atom is 0.251 e. The van der Waals surface area contributed by atoms with E-state index in [0.29, 0.717) is 18.9 Å². The van der Waals surface area contributed by atoms with Crippen molar-refractivity contribution in [2.75, 3.05) is 19.1 Å². The summed E-state index contributed by atoms with van der Waals surface area (Å²) in [7, 11) is 5.19. The number of anilines is 1. The van der Waals surface area contributed by atoms with Crippen molar-refractivity contribution in [2.45, 2.75) is 13.1 Å². The van der Waals surface area contributed by atoms with Crippen LogP contribution in [0.1, 0.15) is 11.1 Å². The number of H-pyrrole nitrogens is 1. The van der Waals surface area contributed by atoms with Gasteiger partial charge in [0.15, 0.2) is 0 Å². The van der Waals surface area contributed by atoms with Gasteiger partial charge in [-0.05, 0) is 35.4 Å². The Morgan fingerprint density at radius 3 is 1.97 bits per heavy atom. The second kappa shape index (κ2) is 8.32. The zero-order valence-corrected chi connectivity index (χ0v) is 17.3. The van der Waals surface area contributed by atoms with E-state index in [1.165, 1.54) is 0 Å². The highest BCUT2D eigenvalue weighted by Gasteiger charge is 2.16. The minimum Gasteiger partial charge on any atom is -0.497 e. The highest BCUT2D eigenvalue weighted by molar-refractivity contribution is 5.86. The van der Waals surface area contributed by atoms with Gasteiger partial charge in [-0.25, -0.2) is 4.98 Å². The van der Waals surface area contributed by atoms with Crippen LogP contribution in [-0.4, -0.2) is 28.8 Å². The van der Waals surface area contributed by atoms with Crippen LogP contribution < -0.4 is 19.9 Å². The van der Waals surface area contributed by atoms with Gasteiger partial charge < -0.3 is 23.9 Å². The van der Waals surface area contributed by atoms with Crippen LogP contribution in [0.2, 0.25) is 0 Å². The number of ether oxygens (including phenoxy) is 2. The molecule has 0 atom stereocenters. The molecule has 0 bridgehead atoms. The van der Waals surface area contributed by atoms with E-state index in [-0.39, 0.29) is 5.56 Å². The van der Waals surface area contributed by atoms with Crippen LogP contribution >= 0.6 is 0 Å². The van der Waals surface area contributed by atoms with Gasteiger partial charge in [0, 0.05) is 26.2 Å². The average molecular weight is 404 g/mol. The molecule has 0 aliphatic rings. The van der Waals surface area contributed by atoms with Gasteiger partial charge in [-0.1, -0.05) is 24.3 Å². The van der Waals surface area contributed by atoms with Gasteiger partial charge in [0.1, 0.15) is 22.8 Å². The average Bonchev–Trinajstić information content (AvgIpc) is 3.14. The van der Waals surface area contributed by atoms with E-state index in [1.54, 1.807) is 26.6 Å². The molecular weight excluding hydrogens is 380 g/mol. The van der Waals surface area contributed by atoms with Crippen molar-refractivity contribution in [1.82, 2.24) is 14.5 Å². The van der Waals surface area contributed by atoms with Crippen molar-refractivity contribution < 1.29 is 9.47 Å². The Bertz CT molecular complexity index is 1140. The summed E-state index contributed by atoms with van der Waals surface area (Å²) in [5.74, 6) is 2.31. The van der Waals surface area contributed by atoms with E-state index in [2.05, 4.69) is 14.9 Å². The van der Waals surface area contributed by atoms with Crippen molar-refractivity contribution >= 4 is 16.9 Å². The van der Waals surface area contributed by atoms with Crippen molar-refractivity contribution in [1.29, 1.82) is 0 Å². The fourth-order valence-electron chi connectivity index (χ4n) is 3.47. The Morgan fingerprint density at radius 2 is 1.47 bits per heavy atom. The number of hydrogen-bond acceptors (Lipinski definition) is 5. The largest absolute Gasteiger partial charge is 0.497 e. The molecule has 2 heterocycles.